The summed E-state index contributed by atoms with van der Waals surface area (Å²) in [7, 11) is 0. The molecule has 0 radical (unpaired) electrons. The van der Waals surface area contributed by atoms with E-state index in [1.54, 1.807) is 12.1 Å². The van der Waals surface area contributed by atoms with E-state index in [9.17, 15) is 9.59 Å². The SMILES string of the molecule is O=Cc1cc2c(cc1OCC(=O)NC1CC1)OCO2. The highest BCUT2D eigenvalue weighted by Gasteiger charge is 2.24. The van der Waals surface area contributed by atoms with Gasteiger partial charge in [-0.2, -0.15) is 0 Å². The van der Waals surface area contributed by atoms with Crippen LogP contribution in [0.4, 0.5) is 0 Å². The highest BCUT2D eigenvalue weighted by Crippen LogP contribution is 2.37. The van der Waals surface area contributed by atoms with Crippen LogP contribution in [0.5, 0.6) is 17.2 Å². The Morgan fingerprint density at radius 2 is 2.11 bits per heavy atom. The molecule has 1 aliphatic heterocycles. The summed E-state index contributed by atoms with van der Waals surface area (Å²) >= 11 is 0. The standard InChI is InChI=1S/C13H13NO5/c15-5-8-3-11-12(19-7-18-11)4-10(8)17-6-13(16)14-9-1-2-9/h3-5,9H,1-2,6-7H2,(H,14,16). The van der Waals surface area contributed by atoms with E-state index < -0.39 is 0 Å². The van der Waals surface area contributed by atoms with Crippen molar-refractivity contribution in [2.45, 2.75) is 18.9 Å². The van der Waals surface area contributed by atoms with Crippen molar-refractivity contribution in [3.05, 3.63) is 17.7 Å². The fraction of sp³-hybridized carbons (Fsp3) is 0.385. The van der Waals surface area contributed by atoms with Gasteiger partial charge < -0.3 is 19.5 Å². The lowest BCUT2D eigenvalue weighted by atomic mass is 10.2. The number of aldehydes is 1. The molecule has 100 valence electrons. The molecule has 3 rings (SSSR count). The number of carbonyl (C=O) groups excluding carboxylic acids is 2. The highest BCUT2D eigenvalue weighted by atomic mass is 16.7. The summed E-state index contributed by atoms with van der Waals surface area (Å²) in [5.41, 5.74) is 0.337. The van der Waals surface area contributed by atoms with Gasteiger partial charge in [0.15, 0.2) is 24.4 Å². The third-order valence-corrected chi connectivity index (χ3v) is 2.93. The molecule has 0 spiro atoms. The molecule has 0 unspecified atom stereocenters. The second-order valence-corrected chi connectivity index (χ2v) is 4.49. The van der Waals surface area contributed by atoms with Gasteiger partial charge in [0.25, 0.3) is 5.91 Å². The summed E-state index contributed by atoms with van der Waals surface area (Å²) in [5, 5.41) is 2.81. The van der Waals surface area contributed by atoms with Crippen molar-refractivity contribution >= 4 is 12.2 Å². The Balaban J connectivity index is 1.68. The van der Waals surface area contributed by atoms with Gasteiger partial charge in [-0.15, -0.1) is 0 Å². The summed E-state index contributed by atoms with van der Waals surface area (Å²) in [6, 6.07) is 3.40. The molecule has 19 heavy (non-hydrogen) atoms. The molecule has 1 saturated carbocycles. The van der Waals surface area contributed by atoms with Gasteiger partial charge in [-0.25, -0.2) is 0 Å². The molecule has 1 aromatic rings. The minimum atomic E-state index is -0.183. The first kappa shape index (κ1) is 11.8. The van der Waals surface area contributed by atoms with E-state index in [2.05, 4.69) is 5.32 Å². The van der Waals surface area contributed by atoms with Crippen molar-refractivity contribution in [1.29, 1.82) is 0 Å². The van der Waals surface area contributed by atoms with Gasteiger partial charge >= 0.3 is 0 Å². The molecule has 0 bridgehead atoms. The van der Waals surface area contributed by atoms with Crippen LogP contribution in [-0.4, -0.2) is 31.6 Å². The number of rotatable bonds is 5. The Kier molecular flexibility index (Phi) is 2.98. The monoisotopic (exact) mass is 263 g/mol. The van der Waals surface area contributed by atoms with E-state index in [1.165, 1.54) is 0 Å². The maximum absolute atomic E-state index is 11.5. The molecule has 1 N–H and O–H groups in total. The average Bonchev–Trinajstić information content (AvgIpc) is 3.10. The van der Waals surface area contributed by atoms with Crippen LogP contribution in [0.15, 0.2) is 12.1 Å². The lowest BCUT2D eigenvalue weighted by Crippen LogP contribution is -2.30. The summed E-state index contributed by atoms with van der Waals surface area (Å²) in [4.78, 5) is 22.5. The van der Waals surface area contributed by atoms with Crippen molar-refractivity contribution < 1.29 is 23.8 Å². The second kappa shape index (κ2) is 4.79. The van der Waals surface area contributed by atoms with E-state index in [1.807, 2.05) is 0 Å². The van der Waals surface area contributed by atoms with Gasteiger partial charge in [-0.1, -0.05) is 0 Å². The van der Waals surface area contributed by atoms with Crippen LogP contribution in [0, 0.1) is 0 Å². The summed E-state index contributed by atoms with van der Waals surface area (Å²) in [6.07, 6.45) is 2.71. The molecule has 1 heterocycles. The average molecular weight is 263 g/mol. The van der Waals surface area contributed by atoms with Crippen LogP contribution in [-0.2, 0) is 4.79 Å². The van der Waals surface area contributed by atoms with Gasteiger partial charge in [0.05, 0.1) is 5.56 Å². The molecule has 1 fully saturated rings. The van der Waals surface area contributed by atoms with E-state index in [0.717, 1.165) is 12.8 Å². The minimum Gasteiger partial charge on any atom is -0.483 e. The fourth-order valence-electron chi connectivity index (χ4n) is 1.80. The molecule has 6 heteroatoms. The predicted octanol–water partition coefficient (Wildman–Crippen LogP) is 0.885. The molecule has 0 aromatic heterocycles. The van der Waals surface area contributed by atoms with Crippen molar-refractivity contribution in [2.75, 3.05) is 13.4 Å². The van der Waals surface area contributed by atoms with Gasteiger partial charge in [-0.3, -0.25) is 9.59 Å². The minimum absolute atomic E-state index is 0.114. The zero-order valence-electron chi connectivity index (χ0n) is 10.2. The van der Waals surface area contributed by atoms with E-state index in [-0.39, 0.29) is 19.3 Å². The number of benzene rings is 1. The van der Waals surface area contributed by atoms with E-state index >= 15 is 0 Å². The molecular formula is C13H13NO5. The predicted molar refractivity (Wildman–Crippen MR) is 64.6 cm³/mol. The Morgan fingerprint density at radius 1 is 1.37 bits per heavy atom. The summed E-state index contributed by atoms with van der Waals surface area (Å²) < 4.78 is 15.7. The van der Waals surface area contributed by atoms with Crippen LogP contribution in [0.2, 0.25) is 0 Å². The second-order valence-electron chi connectivity index (χ2n) is 4.49. The number of hydrogen-bond donors (Lipinski definition) is 1. The molecule has 1 amide bonds. The molecular weight excluding hydrogens is 250 g/mol. The third-order valence-electron chi connectivity index (χ3n) is 2.93. The normalized spacial score (nSPS) is 16.0. The van der Waals surface area contributed by atoms with Crippen molar-refractivity contribution in [3.8, 4) is 17.2 Å². The first-order chi connectivity index (χ1) is 9.26. The van der Waals surface area contributed by atoms with E-state index in [0.29, 0.717) is 35.1 Å². The molecule has 0 atom stereocenters. The number of fused-ring (bicyclic) bond motifs is 1. The van der Waals surface area contributed by atoms with Crippen LogP contribution < -0.4 is 19.5 Å². The highest BCUT2D eigenvalue weighted by molar-refractivity contribution is 5.82. The van der Waals surface area contributed by atoms with Gasteiger partial charge in [-0.05, 0) is 18.9 Å². The first-order valence-corrected chi connectivity index (χ1v) is 6.07. The molecule has 6 nitrogen and oxygen atoms in total. The van der Waals surface area contributed by atoms with Crippen molar-refractivity contribution in [1.82, 2.24) is 5.32 Å². The zero-order valence-corrected chi connectivity index (χ0v) is 10.2. The van der Waals surface area contributed by atoms with Gasteiger partial charge in [0.1, 0.15) is 5.75 Å². The van der Waals surface area contributed by atoms with Crippen LogP contribution >= 0.6 is 0 Å². The smallest absolute Gasteiger partial charge is 0.258 e. The van der Waals surface area contributed by atoms with Crippen molar-refractivity contribution in [3.63, 3.8) is 0 Å². The lowest BCUT2D eigenvalue weighted by molar-refractivity contribution is -0.123. The van der Waals surface area contributed by atoms with Crippen LogP contribution in [0.25, 0.3) is 0 Å². The maximum atomic E-state index is 11.5. The Morgan fingerprint density at radius 3 is 2.79 bits per heavy atom. The topological polar surface area (TPSA) is 73.9 Å². The Bertz CT molecular complexity index is 524. The largest absolute Gasteiger partial charge is 0.483 e. The Hall–Kier alpha value is -2.24. The number of hydrogen-bond acceptors (Lipinski definition) is 5. The molecule has 2 aliphatic rings. The van der Waals surface area contributed by atoms with Crippen molar-refractivity contribution in [2.24, 2.45) is 0 Å². The number of amides is 1. The van der Waals surface area contributed by atoms with Crippen LogP contribution in [0.3, 0.4) is 0 Å². The molecule has 0 saturated heterocycles. The summed E-state index contributed by atoms with van der Waals surface area (Å²) in [6.45, 7) is 0.0102. The van der Waals surface area contributed by atoms with Crippen LogP contribution in [0.1, 0.15) is 23.2 Å². The maximum Gasteiger partial charge on any atom is 0.258 e. The third kappa shape index (κ3) is 2.62. The summed E-state index contributed by atoms with van der Waals surface area (Å²) in [5.74, 6) is 1.17. The zero-order chi connectivity index (χ0) is 13.2. The number of ether oxygens (including phenoxy) is 3. The quantitative estimate of drug-likeness (QED) is 0.798. The number of nitrogens with one attached hydrogen (secondary N) is 1. The van der Waals surface area contributed by atoms with E-state index in [4.69, 9.17) is 14.2 Å². The lowest BCUT2D eigenvalue weighted by Gasteiger charge is -2.09. The van der Waals surface area contributed by atoms with Gasteiger partial charge in [0, 0.05) is 12.1 Å². The number of carbonyl (C=O) groups is 2. The molecule has 1 aromatic carbocycles. The first-order valence-electron chi connectivity index (χ1n) is 6.07. The molecule has 1 aliphatic carbocycles. The Labute approximate surface area is 109 Å². The van der Waals surface area contributed by atoms with Gasteiger partial charge in [0.2, 0.25) is 6.79 Å². The fourth-order valence-corrected chi connectivity index (χ4v) is 1.80.